The van der Waals surface area contributed by atoms with Crippen molar-refractivity contribution in [2.45, 2.75) is 4.90 Å². The van der Waals surface area contributed by atoms with Gasteiger partial charge >= 0.3 is 0 Å². The molecule has 0 unspecified atom stereocenters. The molecular formula is C16H16ClN3O4S. The Kier molecular flexibility index (Phi) is 6.51. The molecule has 7 nitrogen and oxygen atoms in total. The molecule has 132 valence electrons. The van der Waals surface area contributed by atoms with Gasteiger partial charge in [0.25, 0.3) is 5.91 Å². The van der Waals surface area contributed by atoms with Crippen molar-refractivity contribution in [3.8, 4) is 5.75 Å². The van der Waals surface area contributed by atoms with Crippen LogP contribution in [0.3, 0.4) is 0 Å². The Morgan fingerprint density at radius 2 is 1.80 bits per heavy atom. The molecule has 0 heterocycles. The molecule has 2 rings (SSSR count). The normalized spacial score (nSPS) is 11.4. The Hall–Kier alpha value is -2.42. The number of benzene rings is 2. The molecule has 2 aromatic carbocycles. The molecule has 2 N–H and O–H groups in total. The quantitative estimate of drug-likeness (QED) is 0.564. The van der Waals surface area contributed by atoms with Crippen molar-refractivity contribution < 1.29 is 17.9 Å². The molecule has 0 bridgehead atoms. The predicted molar refractivity (Wildman–Crippen MR) is 95.4 cm³/mol. The second-order valence-corrected chi connectivity index (χ2v) is 7.05. The first-order valence-electron chi connectivity index (χ1n) is 7.12. The van der Waals surface area contributed by atoms with E-state index in [2.05, 4.69) is 15.2 Å². The Labute approximate surface area is 150 Å². The highest BCUT2D eigenvalue weighted by molar-refractivity contribution is 7.89. The summed E-state index contributed by atoms with van der Waals surface area (Å²) in [5, 5.41) is 4.19. The van der Waals surface area contributed by atoms with E-state index in [1.807, 2.05) is 0 Å². The summed E-state index contributed by atoms with van der Waals surface area (Å²) in [5.41, 5.74) is 3.00. The van der Waals surface area contributed by atoms with Crippen LogP contribution in [-0.2, 0) is 14.8 Å². The largest absolute Gasteiger partial charge is 0.497 e. The van der Waals surface area contributed by atoms with Crippen LogP contribution in [0.25, 0.3) is 0 Å². The lowest BCUT2D eigenvalue weighted by Gasteiger charge is -2.06. The van der Waals surface area contributed by atoms with Gasteiger partial charge in [-0.2, -0.15) is 5.10 Å². The fourth-order valence-corrected chi connectivity index (χ4v) is 2.87. The maximum absolute atomic E-state index is 12.0. The van der Waals surface area contributed by atoms with Gasteiger partial charge in [-0.25, -0.2) is 18.6 Å². The van der Waals surface area contributed by atoms with Crippen molar-refractivity contribution in [2.75, 3.05) is 13.7 Å². The van der Waals surface area contributed by atoms with E-state index in [0.717, 1.165) is 5.56 Å². The molecule has 9 heteroatoms. The number of hydrogen-bond donors (Lipinski definition) is 2. The van der Waals surface area contributed by atoms with Gasteiger partial charge in [0.2, 0.25) is 10.0 Å². The van der Waals surface area contributed by atoms with Gasteiger partial charge in [-0.05, 0) is 54.1 Å². The number of carbonyl (C=O) groups excluding carboxylic acids is 1. The Bertz CT molecular complexity index is 850. The lowest BCUT2D eigenvalue weighted by Crippen LogP contribution is -2.34. The van der Waals surface area contributed by atoms with Gasteiger partial charge in [0, 0.05) is 5.02 Å². The van der Waals surface area contributed by atoms with Gasteiger partial charge in [-0.15, -0.1) is 0 Å². The first-order chi connectivity index (χ1) is 11.9. The molecule has 0 spiro atoms. The SMILES string of the molecule is COc1ccc(/C=N\NC(=O)CNS(=O)(=O)c2ccc(Cl)cc2)cc1. The van der Waals surface area contributed by atoms with Crippen LogP contribution in [0.4, 0.5) is 0 Å². The van der Waals surface area contributed by atoms with E-state index in [0.29, 0.717) is 10.8 Å². The minimum atomic E-state index is -3.79. The summed E-state index contributed by atoms with van der Waals surface area (Å²) in [6.07, 6.45) is 1.44. The number of ether oxygens (including phenoxy) is 1. The highest BCUT2D eigenvalue weighted by Crippen LogP contribution is 2.13. The van der Waals surface area contributed by atoms with Crippen molar-refractivity contribution in [3.05, 3.63) is 59.1 Å². The van der Waals surface area contributed by atoms with Crippen LogP contribution >= 0.6 is 11.6 Å². The summed E-state index contributed by atoms with van der Waals surface area (Å²) in [4.78, 5) is 11.7. The fourth-order valence-electron chi connectivity index (χ4n) is 1.77. The fraction of sp³-hybridized carbons (Fsp3) is 0.125. The van der Waals surface area contributed by atoms with Gasteiger partial charge < -0.3 is 4.74 Å². The van der Waals surface area contributed by atoms with Crippen molar-refractivity contribution in [3.63, 3.8) is 0 Å². The van der Waals surface area contributed by atoms with Gasteiger partial charge in [-0.3, -0.25) is 4.79 Å². The maximum atomic E-state index is 12.0. The standard InChI is InChI=1S/C16H16ClN3O4S/c1-24-14-6-2-12(3-7-14)10-18-20-16(21)11-19-25(22,23)15-8-4-13(17)5-9-15/h2-10,19H,11H2,1H3,(H,20,21)/b18-10-. The predicted octanol–water partition coefficient (Wildman–Crippen LogP) is 1.78. The molecular weight excluding hydrogens is 366 g/mol. The van der Waals surface area contributed by atoms with Crippen LogP contribution < -0.4 is 14.9 Å². The second kappa shape index (κ2) is 8.61. The van der Waals surface area contributed by atoms with E-state index < -0.39 is 22.5 Å². The Balaban J connectivity index is 1.85. The molecule has 25 heavy (non-hydrogen) atoms. The smallest absolute Gasteiger partial charge is 0.255 e. The lowest BCUT2D eigenvalue weighted by atomic mass is 10.2. The van der Waals surface area contributed by atoms with Gasteiger partial charge in [0.15, 0.2) is 0 Å². The highest BCUT2D eigenvalue weighted by Gasteiger charge is 2.14. The first-order valence-corrected chi connectivity index (χ1v) is 8.98. The zero-order chi connectivity index (χ0) is 18.3. The number of sulfonamides is 1. The van der Waals surface area contributed by atoms with Crippen LogP contribution in [0.15, 0.2) is 58.5 Å². The van der Waals surface area contributed by atoms with Crippen molar-refractivity contribution in [1.29, 1.82) is 0 Å². The van der Waals surface area contributed by atoms with E-state index in [1.165, 1.54) is 30.5 Å². The summed E-state index contributed by atoms with van der Waals surface area (Å²) in [6, 6.07) is 12.6. The molecule has 0 radical (unpaired) electrons. The van der Waals surface area contributed by atoms with E-state index in [1.54, 1.807) is 31.4 Å². The molecule has 0 saturated heterocycles. The van der Waals surface area contributed by atoms with Crippen molar-refractivity contribution in [2.24, 2.45) is 5.10 Å². The third-order valence-electron chi connectivity index (χ3n) is 3.07. The minimum Gasteiger partial charge on any atom is -0.497 e. The van der Waals surface area contributed by atoms with Crippen LogP contribution in [0.1, 0.15) is 5.56 Å². The maximum Gasteiger partial charge on any atom is 0.255 e. The van der Waals surface area contributed by atoms with E-state index in [9.17, 15) is 13.2 Å². The van der Waals surface area contributed by atoms with Crippen LogP contribution in [-0.4, -0.2) is 34.2 Å². The topological polar surface area (TPSA) is 96.9 Å². The second-order valence-electron chi connectivity index (χ2n) is 4.84. The molecule has 2 aromatic rings. The molecule has 0 atom stereocenters. The number of rotatable bonds is 7. The molecule has 1 amide bonds. The number of amides is 1. The summed E-state index contributed by atoms with van der Waals surface area (Å²) < 4.78 is 31.3. The number of carbonyl (C=O) groups is 1. The van der Waals surface area contributed by atoms with E-state index in [4.69, 9.17) is 16.3 Å². The van der Waals surface area contributed by atoms with Gasteiger partial charge in [0.1, 0.15) is 5.75 Å². The molecule has 0 aliphatic rings. The summed E-state index contributed by atoms with van der Waals surface area (Å²) in [5.74, 6) is 0.111. The first kappa shape index (κ1) is 18.9. The van der Waals surface area contributed by atoms with E-state index in [-0.39, 0.29) is 4.90 Å². The zero-order valence-electron chi connectivity index (χ0n) is 13.3. The number of nitrogens with zero attached hydrogens (tertiary/aromatic N) is 1. The van der Waals surface area contributed by atoms with Crippen molar-refractivity contribution in [1.82, 2.24) is 10.1 Å². The Morgan fingerprint density at radius 3 is 2.40 bits per heavy atom. The Morgan fingerprint density at radius 1 is 1.16 bits per heavy atom. The van der Waals surface area contributed by atoms with Crippen molar-refractivity contribution >= 4 is 33.7 Å². The lowest BCUT2D eigenvalue weighted by molar-refractivity contribution is -0.119. The number of hydrogen-bond acceptors (Lipinski definition) is 5. The third kappa shape index (κ3) is 5.86. The molecule has 0 saturated carbocycles. The van der Waals surface area contributed by atoms with E-state index >= 15 is 0 Å². The number of hydrazone groups is 1. The third-order valence-corrected chi connectivity index (χ3v) is 4.73. The number of halogens is 1. The van der Waals surface area contributed by atoms with Crippen LogP contribution in [0, 0.1) is 0 Å². The average molecular weight is 382 g/mol. The summed E-state index contributed by atoms with van der Waals surface area (Å²) >= 11 is 5.71. The highest BCUT2D eigenvalue weighted by atomic mass is 35.5. The van der Waals surface area contributed by atoms with Gasteiger partial charge in [-0.1, -0.05) is 11.6 Å². The molecule has 0 fully saturated rings. The summed E-state index contributed by atoms with van der Waals surface area (Å²) in [7, 11) is -2.23. The molecule has 0 aromatic heterocycles. The monoisotopic (exact) mass is 381 g/mol. The summed E-state index contributed by atoms with van der Waals surface area (Å²) in [6.45, 7) is -0.440. The minimum absolute atomic E-state index is 0.0198. The number of methoxy groups -OCH3 is 1. The molecule has 0 aliphatic heterocycles. The van der Waals surface area contributed by atoms with Crippen LogP contribution in [0.2, 0.25) is 5.02 Å². The average Bonchev–Trinajstić information content (AvgIpc) is 2.61. The van der Waals surface area contributed by atoms with Gasteiger partial charge in [0.05, 0.1) is 24.8 Å². The zero-order valence-corrected chi connectivity index (χ0v) is 14.8. The van der Waals surface area contributed by atoms with Crippen LogP contribution in [0.5, 0.6) is 5.75 Å². The number of nitrogens with one attached hydrogen (secondary N) is 2. The molecule has 0 aliphatic carbocycles.